The smallest absolute Gasteiger partial charge is 0.340 e. The van der Waals surface area contributed by atoms with Gasteiger partial charge in [-0.15, -0.1) is 0 Å². The van der Waals surface area contributed by atoms with Crippen molar-refractivity contribution in [3.05, 3.63) is 36.5 Å². The summed E-state index contributed by atoms with van der Waals surface area (Å²) in [5.41, 5.74) is 5.48. The first-order chi connectivity index (χ1) is 7.59. The molecule has 2 N–H and O–H groups in total. The molecule has 1 amide bonds. The second kappa shape index (κ2) is 8.04. The van der Waals surface area contributed by atoms with Gasteiger partial charge in [-0.2, -0.15) is 0 Å². The highest BCUT2D eigenvalue weighted by molar-refractivity contribution is 6.00. The maximum absolute atomic E-state index is 10.7. The van der Waals surface area contributed by atoms with Crippen LogP contribution in [-0.4, -0.2) is 17.8 Å². The van der Waals surface area contributed by atoms with E-state index < -0.39 is 17.8 Å². The Balaban J connectivity index is 0. The van der Waals surface area contributed by atoms with Crippen molar-refractivity contribution in [3.63, 3.8) is 0 Å². The first-order valence-corrected chi connectivity index (χ1v) is 4.62. The van der Waals surface area contributed by atoms with E-state index in [1.807, 2.05) is 0 Å². The predicted octanol–water partition coefficient (Wildman–Crippen LogP) is 1.26. The molecular weight excluding hydrogens is 222 g/mol. The molecule has 0 fully saturated rings. The number of carbonyl (C=O) groups excluding carboxylic acids is 3. The fourth-order valence-corrected chi connectivity index (χ4v) is 0.258. The van der Waals surface area contributed by atoms with Gasteiger partial charge in [0, 0.05) is 16.7 Å². The molecule has 0 aromatic carbocycles. The molecule has 0 rings (SSSR count). The number of primary amides is 1. The average molecular weight is 239 g/mol. The molecule has 17 heavy (non-hydrogen) atoms. The molecule has 0 unspecified atom stereocenters. The number of ether oxygens (including phenoxy) is 1. The van der Waals surface area contributed by atoms with E-state index in [9.17, 15) is 14.4 Å². The van der Waals surface area contributed by atoms with Gasteiger partial charge in [0.05, 0.1) is 0 Å². The van der Waals surface area contributed by atoms with Crippen LogP contribution in [-0.2, 0) is 19.1 Å². The van der Waals surface area contributed by atoms with Crippen LogP contribution < -0.4 is 5.73 Å². The van der Waals surface area contributed by atoms with E-state index in [-0.39, 0.29) is 11.1 Å². The lowest BCUT2D eigenvalue weighted by atomic mass is 10.3. The van der Waals surface area contributed by atoms with Crippen LogP contribution in [0, 0.1) is 0 Å². The Bertz CT molecular complexity index is 344. The van der Waals surface area contributed by atoms with E-state index in [1.54, 1.807) is 6.92 Å². The van der Waals surface area contributed by atoms with Crippen LogP contribution in [0.3, 0.4) is 0 Å². The van der Waals surface area contributed by atoms with Crippen molar-refractivity contribution in [2.75, 3.05) is 0 Å². The molecule has 0 saturated heterocycles. The summed E-state index contributed by atoms with van der Waals surface area (Å²) in [6.45, 7) is 14.4. The van der Waals surface area contributed by atoms with Gasteiger partial charge < -0.3 is 10.5 Å². The molecule has 0 aliphatic carbocycles. The molecule has 0 heterocycles. The van der Waals surface area contributed by atoms with Crippen LogP contribution in [0.5, 0.6) is 0 Å². The van der Waals surface area contributed by atoms with Crippen molar-refractivity contribution in [1.29, 1.82) is 0 Å². The molecule has 94 valence electrons. The highest BCUT2D eigenvalue weighted by atomic mass is 16.6. The molecule has 0 aromatic heterocycles. The summed E-state index contributed by atoms with van der Waals surface area (Å²) in [7, 11) is 0. The van der Waals surface area contributed by atoms with Crippen LogP contribution >= 0.6 is 0 Å². The second-order valence-electron chi connectivity index (χ2n) is 3.38. The lowest BCUT2D eigenvalue weighted by molar-refractivity contribution is -0.153. The average Bonchev–Trinajstić information content (AvgIpc) is 2.17. The number of hydrogen-bond acceptors (Lipinski definition) is 4. The molecule has 0 aliphatic rings. The second-order valence-corrected chi connectivity index (χ2v) is 3.38. The summed E-state index contributed by atoms with van der Waals surface area (Å²) in [4.78, 5) is 31.2. The van der Waals surface area contributed by atoms with Crippen LogP contribution in [0.15, 0.2) is 36.5 Å². The first-order valence-electron chi connectivity index (χ1n) is 4.62. The Labute approximate surface area is 101 Å². The molecule has 0 aliphatic heterocycles. The minimum absolute atomic E-state index is 0.194. The normalized spacial score (nSPS) is 8.18. The van der Waals surface area contributed by atoms with E-state index in [4.69, 9.17) is 5.73 Å². The number of rotatable bonds is 3. The van der Waals surface area contributed by atoms with Crippen LogP contribution in [0.1, 0.15) is 20.8 Å². The van der Waals surface area contributed by atoms with Crippen LogP contribution in [0.2, 0.25) is 0 Å². The van der Waals surface area contributed by atoms with Crippen molar-refractivity contribution in [1.82, 2.24) is 0 Å². The summed E-state index contributed by atoms with van der Waals surface area (Å²) in [5.74, 6) is -1.86. The monoisotopic (exact) mass is 239 g/mol. The van der Waals surface area contributed by atoms with Crippen molar-refractivity contribution in [2.45, 2.75) is 20.8 Å². The highest BCUT2D eigenvalue weighted by Gasteiger charge is 2.10. The van der Waals surface area contributed by atoms with Gasteiger partial charge in [-0.05, 0) is 20.8 Å². The van der Waals surface area contributed by atoms with E-state index >= 15 is 0 Å². The number of carbonyl (C=O) groups is 3. The lowest BCUT2D eigenvalue weighted by Crippen LogP contribution is -2.12. The van der Waals surface area contributed by atoms with Gasteiger partial charge in [-0.1, -0.05) is 19.7 Å². The summed E-state index contributed by atoms with van der Waals surface area (Å²) < 4.78 is 4.30. The lowest BCUT2D eigenvalue weighted by Gasteiger charge is -1.99. The standard InChI is InChI=1S/C8H10O3.C4H7NO/c1-5(2)7(9)11-8(10)6(3)4;1-3(2)4(5)6/h1,3H2,2,4H3;1H2,2H3,(H2,5,6). The Kier molecular flexibility index (Phi) is 8.15. The van der Waals surface area contributed by atoms with Crippen molar-refractivity contribution in [3.8, 4) is 0 Å². The Morgan fingerprint density at radius 2 is 1.06 bits per heavy atom. The Morgan fingerprint density at radius 3 is 1.18 bits per heavy atom. The van der Waals surface area contributed by atoms with Crippen LogP contribution in [0.25, 0.3) is 0 Å². The highest BCUT2D eigenvalue weighted by Crippen LogP contribution is 1.97. The molecule has 0 saturated carbocycles. The molecule has 0 radical (unpaired) electrons. The maximum atomic E-state index is 10.7. The van der Waals surface area contributed by atoms with E-state index in [0.29, 0.717) is 5.57 Å². The summed E-state index contributed by atoms with van der Waals surface area (Å²) in [6.07, 6.45) is 0. The van der Waals surface area contributed by atoms with Gasteiger partial charge in [0.25, 0.3) is 0 Å². The van der Waals surface area contributed by atoms with Gasteiger partial charge in [0.1, 0.15) is 0 Å². The van der Waals surface area contributed by atoms with Gasteiger partial charge in [-0.3, -0.25) is 4.79 Å². The molecule has 0 aromatic rings. The number of esters is 2. The van der Waals surface area contributed by atoms with Gasteiger partial charge >= 0.3 is 11.9 Å². The molecule has 0 atom stereocenters. The summed E-state index contributed by atoms with van der Waals surface area (Å²) in [5, 5.41) is 0. The minimum Gasteiger partial charge on any atom is -0.386 e. The third kappa shape index (κ3) is 10.1. The van der Waals surface area contributed by atoms with Crippen molar-refractivity contribution < 1.29 is 19.1 Å². The predicted molar refractivity (Wildman–Crippen MR) is 64.7 cm³/mol. The fourth-order valence-electron chi connectivity index (χ4n) is 0.258. The molecule has 5 heteroatoms. The van der Waals surface area contributed by atoms with Crippen molar-refractivity contribution in [2.24, 2.45) is 5.73 Å². The third-order valence-corrected chi connectivity index (χ3v) is 1.30. The van der Waals surface area contributed by atoms with E-state index in [1.165, 1.54) is 13.8 Å². The molecular formula is C12H17NO4. The summed E-state index contributed by atoms with van der Waals surface area (Å²) >= 11 is 0. The van der Waals surface area contributed by atoms with Gasteiger partial charge in [0.15, 0.2) is 0 Å². The molecule has 5 nitrogen and oxygen atoms in total. The molecule has 0 spiro atoms. The minimum atomic E-state index is -0.710. The zero-order valence-corrected chi connectivity index (χ0v) is 10.3. The van der Waals surface area contributed by atoms with Gasteiger partial charge in [-0.25, -0.2) is 9.59 Å². The van der Waals surface area contributed by atoms with E-state index in [0.717, 1.165) is 0 Å². The maximum Gasteiger partial charge on any atom is 0.340 e. The first kappa shape index (κ1) is 17.2. The van der Waals surface area contributed by atoms with E-state index in [2.05, 4.69) is 24.5 Å². The quantitative estimate of drug-likeness (QED) is 0.456. The number of nitrogens with two attached hydrogens (primary N) is 1. The summed E-state index contributed by atoms with van der Waals surface area (Å²) in [6, 6.07) is 0. The van der Waals surface area contributed by atoms with Crippen molar-refractivity contribution >= 4 is 17.8 Å². The Hall–Kier alpha value is -2.17. The number of hydrogen-bond donors (Lipinski definition) is 1. The third-order valence-electron chi connectivity index (χ3n) is 1.30. The van der Waals surface area contributed by atoms with Crippen LogP contribution in [0.4, 0.5) is 0 Å². The zero-order valence-electron chi connectivity index (χ0n) is 10.3. The largest absolute Gasteiger partial charge is 0.386 e. The van der Waals surface area contributed by atoms with Gasteiger partial charge in [0.2, 0.25) is 5.91 Å². The zero-order chi connectivity index (χ0) is 14.2. The number of amides is 1. The SMILES string of the molecule is C=C(C)C(=O)OC(=O)C(=C)C.C=C(C)C(N)=O. The molecule has 0 bridgehead atoms. The fraction of sp³-hybridized carbons (Fsp3) is 0.250. The topological polar surface area (TPSA) is 86.5 Å². The Morgan fingerprint density at radius 1 is 0.824 bits per heavy atom.